The van der Waals surface area contributed by atoms with Crippen LogP contribution >= 0.6 is 12.2 Å². The molecule has 1 aliphatic rings. The van der Waals surface area contributed by atoms with Gasteiger partial charge in [-0.15, -0.1) is 0 Å². The van der Waals surface area contributed by atoms with Crippen molar-refractivity contribution in [1.82, 2.24) is 9.88 Å². The highest BCUT2D eigenvalue weighted by Gasteiger charge is 2.22. The number of aryl methyl sites for hydroxylation is 1. The average molecular weight is 251 g/mol. The van der Waals surface area contributed by atoms with Gasteiger partial charge in [-0.2, -0.15) is 0 Å². The monoisotopic (exact) mass is 251 g/mol. The molecular formula is C12H17N3OS. The molecule has 0 aromatic carbocycles. The lowest BCUT2D eigenvalue weighted by Crippen LogP contribution is -2.47. The van der Waals surface area contributed by atoms with Gasteiger partial charge in [0.15, 0.2) is 0 Å². The molecule has 0 amide bonds. The Kier molecular flexibility index (Phi) is 4.04. The predicted octanol–water partition coefficient (Wildman–Crippen LogP) is 0.877. The van der Waals surface area contributed by atoms with Crippen molar-refractivity contribution in [3.05, 3.63) is 29.6 Å². The Hall–Kier alpha value is -1.04. The van der Waals surface area contributed by atoms with Crippen molar-refractivity contribution in [3.8, 4) is 0 Å². The number of pyridine rings is 1. The molecule has 0 bridgehead atoms. The number of nitrogens with two attached hydrogens (primary N) is 1. The van der Waals surface area contributed by atoms with Gasteiger partial charge in [-0.05, 0) is 19.1 Å². The van der Waals surface area contributed by atoms with E-state index < -0.39 is 0 Å². The third-order valence-electron chi connectivity index (χ3n) is 2.80. The molecule has 0 aliphatic carbocycles. The fourth-order valence-electron chi connectivity index (χ4n) is 1.93. The lowest BCUT2D eigenvalue weighted by atomic mass is 10.2. The highest BCUT2D eigenvalue weighted by molar-refractivity contribution is 7.80. The van der Waals surface area contributed by atoms with E-state index in [1.807, 2.05) is 25.1 Å². The molecule has 1 fully saturated rings. The highest BCUT2D eigenvalue weighted by atomic mass is 32.1. The van der Waals surface area contributed by atoms with Crippen molar-refractivity contribution in [2.75, 3.05) is 19.7 Å². The van der Waals surface area contributed by atoms with E-state index in [9.17, 15) is 0 Å². The second-order valence-electron chi connectivity index (χ2n) is 4.27. The summed E-state index contributed by atoms with van der Waals surface area (Å²) < 4.78 is 5.50. The Morgan fingerprint density at radius 2 is 2.47 bits per heavy atom. The summed E-state index contributed by atoms with van der Waals surface area (Å²) in [5.74, 6) is 0. The second-order valence-corrected chi connectivity index (χ2v) is 4.74. The van der Waals surface area contributed by atoms with Gasteiger partial charge in [0.25, 0.3) is 0 Å². The van der Waals surface area contributed by atoms with E-state index in [0.717, 1.165) is 31.0 Å². The van der Waals surface area contributed by atoms with Gasteiger partial charge in [-0.1, -0.05) is 18.3 Å². The van der Waals surface area contributed by atoms with Crippen molar-refractivity contribution in [2.45, 2.75) is 19.6 Å². The van der Waals surface area contributed by atoms with Crippen LogP contribution in [0.25, 0.3) is 0 Å². The molecule has 4 nitrogen and oxygen atoms in total. The van der Waals surface area contributed by atoms with Crippen LogP contribution in [-0.4, -0.2) is 40.7 Å². The Balaban J connectivity index is 1.97. The van der Waals surface area contributed by atoms with E-state index in [1.165, 1.54) is 0 Å². The van der Waals surface area contributed by atoms with Crippen LogP contribution in [0, 0.1) is 6.92 Å². The molecular weight excluding hydrogens is 234 g/mol. The first-order valence-corrected chi connectivity index (χ1v) is 6.12. The lowest BCUT2D eigenvalue weighted by Gasteiger charge is -2.32. The van der Waals surface area contributed by atoms with Gasteiger partial charge in [0, 0.05) is 25.3 Å². The van der Waals surface area contributed by atoms with Gasteiger partial charge in [-0.3, -0.25) is 9.88 Å². The van der Waals surface area contributed by atoms with Gasteiger partial charge in [0.2, 0.25) is 0 Å². The molecule has 0 spiro atoms. The molecule has 5 heteroatoms. The molecule has 1 saturated heterocycles. The normalized spacial score (nSPS) is 21.4. The van der Waals surface area contributed by atoms with Crippen LogP contribution in [0.4, 0.5) is 0 Å². The SMILES string of the molecule is Cc1cccc(CN2CCOC(C(N)=S)C2)n1. The number of ether oxygens (including phenoxy) is 1. The van der Waals surface area contributed by atoms with Gasteiger partial charge in [0.1, 0.15) is 11.1 Å². The summed E-state index contributed by atoms with van der Waals surface area (Å²) >= 11 is 4.96. The molecule has 92 valence electrons. The van der Waals surface area contributed by atoms with E-state index in [1.54, 1.807) is 0 Å². The highest BCUT2D eigenvalue weighted by Crippen LogP contribution is 2.09. The maximum Gasteiger partial charge on any atom is 0.120 e. The molecule has 1 atom stereocenters. The first kappa shape index (κ1) is 12.4. The van der Waals surface area contributed by atoms with E-state index in [-0.39, 0.29) is 6.10 Å². The maximum absolute atomic E-state index is 5.61. The fourth-order valence-corrected chi connectivity index (χ4v) is 2.08. The van der Waals surface area contributed by atoms with Gasteiger partial charge >= 0.3 is 0 Å². The summed E-state index contributed by atoms with van der Waals surface area (Å²) in [6.45, 7) is 5.15. The maximum atomic E-state index is 5.61. The standard InChI is InChI=1S/C12H17N3OS/c1-9-3-2-4-10(14-9)7-15-5-6-16-11(8-15)12(13)17/h2-4,11H,5-8H2,1H3,(H2,13,17). The molecule has 0 saturated carbocycles. The van der Waals surface area contributed by atoms with Crippen molar-refractivity contribution >= 4 is 17.2 Å². The van der Waals surface area contributed by atoms with Crippen LogP contribution < -0.4 is 5.73 Å². The number of thiocarbonyl (C=S) groups is 1. The third kappa shape index (κ3) is 3.46. The van der Waals surface area contributed by atoms with E-state index in [4.69, 9.17) is 22.7 Å². The minimum atomic E-state index is -0.122. The van der Waals surface area contributed by atoms with Crippen molar-refractivity contribution in [1.29, 1.82) is 0 Å². The molecule has 1 aliphatic heterocycles. The zero-order valence-electron chi connectivity index (χ0n) is 9.93. The summed E-state index contributed by atoms with van der Waals surface area (Å²) in [7, 11) is 0. The number of morpholine rings is 1. The third-order valence-corrected chi connectivity index (χ3v) is 3.06. The smallest absolute Gasteiger partial charge is 0.120 e. The van der Waals surface area contributed by atoms with Crippen molar-refractivity contribution in [2.24, 2.45) is 5.73 Å². The first-order valence-electron chi connectivity index (χ1n) is 5.71. The lowest BCUT2D eigenvalue weighted by molar-refractivity contribution is 0.00345. The van der Waals surface area contributed by atoms with E-state index >= 15 is 0 Å². The van der Waals surface area contributed by atoms with Gasteiger partial charge in [0.05, 0.1) is 12.3 Å². The zero-order valence-corrected chi connectivity index (χ0v) is 10.7. The fraction of sp³-hybridized carbons (Fsp3) is 0.500. The Labute approximate surface area is 107 Å². The van der Waals surface area contributed by atoms with Crippen LogP contribution in [0.15, 0.2) is 18.2 Å². The molecule has 2 heterocycles. The minimum absolute atomic E-state index is 0.122. The number of rotatable bonds is 3. The second kappa shape index (κ2) is 5.53. The van der Waals surface area contributed by atoms with Crippen LogP contribution in [0.1, 0.15) is 11.4 Å². The number of hydrogen-bond donors (Lipinski definition) is 1. The summed E-state index contributed by atoms with van der Waals surface area (Å²) in [5.41, 5.74) is 7.73. The molecule has 1 aromatic rings. The van der Waals surface area contributed by atoms with Gasteiger partial charge in [-0.25, -0.2) is 0 Å². The Morgan fingerprint density at radius 1 is 1.65 bits per heavy atom. The van der Waals surface area contributed by atoms with Crippen molar-refractivity contribution in [3.63, 3.8) is 0 Å². The Bertz CT molecular complexity index is 410. The Morgan fingerprint density at radius 3 is 3.18 bits per heavy atom. The molecule has 2 rings (SSSR count). The van der Waals surface area contributed by atoms with E-state index in [0.29, 0.717) is 11.6 Å². The summed E-state index contributed by atoms with van der Waals surface area (Å²) in [6, 6.07) is 6.07. The predicted molar refractivity (Wildman–Crippen MR) is 70.8 cm³/mol. The molecule has 2 N–H and O–H groups in total. The minimum Gasteiger partial charge on any atom is -0.391 e. The molecule has 0 radical (unpaired) electrons. The van der Waals surface area contributed by atoms with E-state index in [2.05, 4.69) is 9.88 Å². The summed E-state index contributed by atoms with van der Waals surface area (Å²) in [5, 5.41) is 0. The topological polar surface area (TPSA) is 51.4 Å². The number of hydrogen-bond acceptors (Lipinski definition) is 4. The number of nitrogens with zero attached hydrogens (tertiary/aromatic N) is 2. The number of aromatic nitrogens is 1. The first-order chi connectivity index (χ1) is 8.15. The molecule has 1 aromatic heterocycles. The molecule has 17 heavy (non-hydrogen) atoms. The van der Waals surface area contributed by atoms with Gasteiger partial charge < -0.3 is 10.5 Å². The summed E-state index contributed by atoms with van der Waals surface area (Å²) in [6.07, 6.45) is -0.122. The van der Waals surface area contributed by atoms with Crippen molar-refractivity contribution < 1.29 is 4.74 Å². The zero-order chi connectivity index (χ0) is 12.3. The summed E-state index contributed by atoms with van der Waals surface area (Å²) in [4.78, 5) is 7.20. The quantitative estimate of drug-likeness (QED) is 0.808. The van der Waals surface area contributed by atoms with Crippen LogP contribution in [0.5, 0.6) is 0 Å². The van der Waals surface area contributed by atoms with Crippen LogP contribution in [0.3, 0.4) is 0 Å². The molecule has 1 unspecified atom stereocenters. The average Bonchev–Trinajstić information content (AvgIpc) is 2.29. The van der Waals surface area contributed by atoms with Crippen LogP contribution in [0.2, 0.25) is 0 Å². The van der Waals surface area contributed by atoms with Crippen LogP contribution in [-0.2, 0) is 11.3 Å². The largest absolute Gasteiger partial charge is 0.391 e.